The summed E-state index contributed by atoms with van der Waals surface area (Å²) < 4.78 is 0. The highest BCUT2D eigenvalue weighted by molar-refractivity contribution is 5.87. The Morgan fingerprint density at radius 1 is 1.23 bits per heavy atom. The van der Waals surface area contributed by atoms with Crippen molar-refractivity contribution in [3.05, 3.63) is 65.2 Å². The molecular weight excluding hydrogens is 324 g/mol. The first kappa shape index (κ1) is 17.1. The van der Waals surface area contributed by atoms with Crippen molar-refractivity contribution in [2.45, 2.75) is 44.2 Å². The summed E-state index contributed by atoms with van der Waals surface area (Å²) in [6, 6.07) is 16.1. The molecule has 0 aromatic heterocycles. The summed E-state index contributed by atoms with van der Waals surface area (Å²) in [4.78, 5) is 14.8. The molecule has 0 bridgehead atoms. The molecule has 2 aromatic carbocycles. The fraction of sp³-hybridized carbons (Fsp3) is 0.409. The summed E-state index contributed by atoms with van der Waals surface area (Å²) in [5, 5.41) is 9.72. The highest BCUT2D eigenvalue weighted by Crippen LogP contribution is 2.67. The molecule has 3 atom stereocenters. The second-order valence-corrected chi connectivity index (χ2v) is 8.25. The predicted octanol–water partition coefficient (Wildman–Crippen LogP) is 2.97. The molecule has 3 N–H and O–H groups in total. The number of phenols is 1. The Kier molecular flexibility index (Phi) is 3.85. The minimum atomic E-state index is -0.484. The van der Waals surface area contributed by atoms with Gasteiger partial charge in [0.25, 0.3) is 0 Å². The lowest BCUT2D eigenvalue weighted by molar-refractivity contribution is -0.124. The van der Waals surface area contributed by atoms with Gasteiger partial charge in [0.1, 0.15) is 5.75 Å². The first-order valence-corrected chi connectivity index (χ1v) is 9.22. The van der Waals surface area contributed by atoms with Crippen LogP contribution in [0, 0.1) is 5.41 Å². The molecule has 4 nitrogen and oxygen atoms in total. The van der Waals surface area contributed by atoms with Crippen molar-refractivity contribution in [1.82, 2.24) is 4.90 Å². The average molecular weight is 350 g/mol. The molecule has 136 valence electrons. The van der Waals surface area contributed by atoms with Crippen LogP contribution in [-0.2, 0) is 23.2 Å². The lowest BCUT2D eigenvalue weighted by atomic mass is 9.80. The maximum Gasteiger partial charge on any atom is 0.224 e. The maximum atomic E-state index is 12.5. The van der Waals surface area contributed by atoms with Crippen LogP contribution in [0.1, 0.15) is 36.5 Å². The third-order valence-electron chi connectivity index (χ3n) is 6.74. The molecule has 0 saturated heterocycles. The molecular formula is C22H26N2O2. The number of aromatic hydroxyl groups is 1. The molecule has 2 aromatic rings. The molecule has 1 amide bonds. The number of rotatable bonds is 4. The number of carbonyl (C=O) groups is 1. The molecule has 4 heteroatoms. The summed E-state index contributed by atoms with van der Waals surface area (Å²) in [6.07, 6.45) is 2.46. The van der Waals surface area contributed by atoms with E-state index in [9.17, 15) is 9.90 Å². The van der Waals surface area contributed by atoms with Crippen LogP contribution in [0.25, 0.3) is 0 Å². The van der Waals surface area contributed by atoms with Crippen LogP contribution in [0.3, 0.4) is 0 Å². The Labute approximate surface area is 154 Å². The molecule has 2 aliphatic rings. The van der Waals surface area contributed by atoms with Crippen LogP contribution in [0.2, 0.25) is 0 Å². The number of benzene rings is 2. The van der Waals surface area contributed by atoms with Gasteiger partial charge in [0.05, 0.1) is 5.41 Å². The van der Waals surface area contributed by atoms with Crippen molar-refractivity contribution in [3.8, 4) is 5.75 Å². The first-order chi connectivity index (χ1) is 12.4. The fourth-order valence-corrected chi connectivity index (χ4v) is 4.90. The normalized spacial score (nSPS) is 30.6. The molecule has 2 unspecified atom stereocenters. The van der Waals surface area contributed by atoms with Crippen molar-refractivity contribution in [2.75, 3.05) is 7.05 Å². The third kappa shape index (κ3) is 2.52. The molecule has 26 heavy (non-hydrogen) atoms. The summed E-state index contributed by atoms with van der Waals surface area (Å²) >= 11 is 0. The van der Waals surface area contributed by atoms with Crippen molar-refractivity contribution in [1.29, 1.82) is 0 Å². The van der Waals surface area contributed by atoms with Crippen LogP contribution in [0.15, 0.2) is 48.5 Å². The van der Waals surface area contributed by atoms with Crippen LogP contribution >= 0.6 is 0 Å². The van der Waals surface area contributed by atoms with Crippen LogP contribution in [0.4, 0.5) is 0 Å². The van der Waals surface area contributed by atoms with Gasteiger partial charge in [-0.05, 0) is 55.1 Å². The van der Waals surface area contributed by atoms with E-state index >= 15 is 0 Å². The third-order valence-corrected chi connectivity index (χ3v) is 6.74. The highest BCUT2D eigenvalue weighted by Gasteiger charge is 2.69. The molecule has 1 saturated carbocycles. The lowest BCUT2D eigenvalue weighted by Gasteiger charge is -2.37. The molecule has 0 radical (unpaired) electrons. The van der Waals surface area contributed by atoms with Crippen molar-refractivity contribution >= 4 is 5.91 Å². The van der Waals surface area contributed by atoms with Gasteiger partial charge in [-0.3, -0.25) is 9.69 Å². The van der Waals surface area contributed by atoms with Crippen LogP contribution in [-0.4, -0.2) is 29.0 Å². The predicted molar refractivity (Wildman–Crippen MR) is 102 cm³/mol. The molecule has 1 aliphatic heterocycles. The zero-order valence-electron chi connectivity index (χ0n) is 15.4. The van der Waals surface area contributed by atoms with E-state index < -0.39 is 5.41 Å². The van der Waals surface area contributed by atoms with Gasteiger partial charge in [0.2, 0.25) is 5.91 Å². The lowest BCUT2D eigenvalue weighted by Crippen LogP contribution is -2.43. The van der Waals surface area contributed by atoms with E-state index in [0.717, 1.165) is 25.8 Å². The van der Waals surface area contributed by atoms with Gasteiger partial charge in [0.15, 0.2) is 0 Å². The van der Waals surface area contributed by atoms with Gasteiger partial charge < -0.3 is 10.8 Å². The standard InChI is InChI=1S/C22H26N2O2/c1-21(17-6-4-3-5-7-17)14-22(21,20(23)26)12-18-10-15-8-9-19(25)11-16(15)13-24(18)2/h3-9,11,18,25H,10,12-14H2,1-2H3,(H2,23,26)/t18-,21?,22?/m0/s1. The van der Waals surface area contributed by atoms with Gasteiger partial charge >= 0.3 is 0 Å². The van der Waals surface area contributed by atoms with E-state index in [2.05, 4.69) is 31.0 Å². The smallest absolute Gasteiger partial charge is 0.224 e. The number of carbonyl (C=O) groups excluding carboxylic acids is 1. The number of fused-ring (bicyclic) bond motifs is 1. The van der Waals surface area contributed by atoms with Crippen LogP contribution < -0.4 is 5.73 Å². The van der Waals surface area contributed by atoms with Crippen LogP contribution in [0.5, 0.6) is 5.75 Å². The summed E-state index contributed by atoms with van der Waals surface area (Å²) in [5.41, 5.74) is 8.88. The number of amides is 1. The van der Waals surface area contributed by atoms with E-state index in [4.69, 9.17) is 5.73 Å². The average Bonchev–Trinajstić information content (AvgIpc) is 3.24. The van der Waals surface area contributed by atoms with E-state index in [0.29, 0.717) is 5.75 Å². The van der Waals surface area contributed by atoms with E-state index in [1.807, 2.05) is 30.3 Å². The molecule has 4 rings (SSSR count). The topological polar surface area (TPSA) is 66.6 Å². The zero-order valence-corrected chi connectivity index (χ0v) is 15.4. The number of hydrogen-bond acceptors (Lipinski definition) is 3. The zero-order chi connectivity index (χ0) is 18.5. The highest BCUT2D eigenvalue weighted by atomic mass is 16.3. The van der Waals surface area contributed by atoms with Gasteiger partial charge in [-0.1, -0.05) is 43.3 Å². The number of nitrogens with two attached hydrogens (primary N) is 1. The summed E-state index contributed by atoms with van der Waals surface area (Å²) in [6.45, 7) is 2.95. The first-order valence-electron chi connectivity index (χ1n) is 9.22. The van der Waals surface area contributed by atoms with Gasteiger partial charge in [-0.25, -0.2) is 0 Å². The monoisotopic (exact) mass is 350 g/mol. The van der Waals surface area contributed by atoms with Gasteiger partial charge in [-0.2, -0.15) is 0 Å². The Morgan fingerprint density at radius 3 is 2.65 bits per heavy atom. The summed E-state index contributed by atoms with van der Waals surface area (Å²) in [7, 11) is 2.09. The second kappa shape index (κ2) is 5.85. The quantitative estimate of drug-likeness (QED) is 0.891. The molecule has 1 aliphatic carbocycles. The molecule has 1 heterocycles. The number of primary amides is 1. The number of nitrogens with zero attached hydrogens (tertiary/aromatic N) is 1. The van der Waals surface area contributed by atoms with E-state index in [1.54, 1.807) is 6.07 Å². The summed E-state index contributed by atoms with van der Waals surface area (Å²) in [5.74, 6) is 0.122. The van der Waals surface area contributed by atoms with E-state index in [-0.39, 0.29) is 17.4 Å². The number of likely N-dealkylation sites (N-methyl/N-ethyl adjacent to an activating group) is 1. The molecule has 0 spiro atoms. The Hall–Kier alpha value is -2.33. The Balaban J connectivity index is 1.61. The Morgan fingerprint density at radius 2 is 1.96 bits per heavy atom. The number of phenolic OH excluding ortho intramolecular Hbond substituents is 1. The number of hydrogen-bond donors (Lipinski definition) is 2. The minimum Gasteiger partial charge on any atom is -0.508 e. The Bertz CT molecular complexity index is 850. The second-order valence-electron chi connectivity index (χ2n) is 8.25. The van der Waals surface area contributed by atoms with E-state index in [1.165, 1.54) is 16.7 Å². The largest absolute Gasteiger partial charge is 0.508 e. The molecule has 1 fully saturated rings. The van der Waals surface area contributed by atoms with Gasteiger partial charge in [-0.15, -0.1) is 0 Å². The minimum absolute atomic E-state index is 0.184. The van der Waals surface area contributed by atoms with Crippen molar-refractivity contribution in [3.63, 3.8) is 0 Å². The van der Waals surface area contributed by atoms with Crippen molar-refractivity contribution in [2.24, 2.45) is 11.1 Å². The maximum absolute atomic E-state index is 12.5. The fourth-order valence-electron chi connectivity index (χ4n) is 4.90. The van der Waals surface area contributed by atoms with Gasteiger partial charge in [0, 0.05) is 18.0 Å². The van der Waals surface area contributed by atoms with Crippen molar-refractivity contribution < 1.29 is 9.90 Å². The SMILES string of the molecule is CN1Cc2cc(O)ccc2C[C@H]1CC1(C(N)=O)CC1(C)c1ccccc1.